The van der Waals surface area contributed by atoms with Crippen LogP contribution in [-0.2, 0) is 0 Å². The third kappa shape index (κ3) is 3.43. The number of aliphatic hydroxyl groups excluding tert-OH is 1. The van der Waals surface area contributed by atoms with Crippen molar-refractivity contribution in [1.82, 2.24) is 0 Å². The van der Waals surface area contributed by atoms with Crippen LogP contribution < -0.4 is 0 Å². The summed E-state index contributed by atoms with van der Waals surface area (Å²) in [5, 5.41) is 11.6. The SMILES string of the molecule is CO.C[CH2][Ge]1[CH2]C(C)=C(C)[CH2]1. The van der Waals surface area contributed by atoms with Crippen LogP contribution in [0.3, 0.4) is 0 Å². The van der Waals surface area contributed by atoms with Crippen molar-refractivity contribution in [3.8, 4) is 0 Å². The molecule has 0 amide bonds. The minimum atomic E-state index is -0.495. The van der Waals surface area contributed by atoms with Crippen LogP contribution >= 0.6 is 0 Å². The Morgan fingerprint density at radius 3 is 1.73 bits per heavy atom. The van der Waals surface area contributed by atoms with Crippen molar-refractivity contribution in [2.24, 2.45) is 0 Å². The molecule has 1 rings (SSSR count). The van der Waals surface area contributed by atoms with Gasteiger partial charge in [-0.25, -0.2) is 0 Å². The Balaban J connectivity index is 0.000000461. The fraction of sp³-hybridized carbons (Fsp3) is 0.778. The number of hydrogen-bond acceptors (Lipinski definition) is 1. The number of allylic oxidation sites excluding steroid dienone is 2. The molecule has 0 aromatic carbocycles. The topological polar surface area (TPSA) is 20.2 Å². The van der Waals surface area contributed by atoms with Crippen molar-refractivity contribution in [2.45, 2.75) is 36.5 Å². The molecule has 1 nitrogen and oxygen atoms in total. The van der Waals surface area contributed by atoms with Gasteiger partial charge in [0, 0.05) is 7.11 Å². The van der Waals surface area contributed by atoms with Crippen LogP contribution in [0.25, 0.3) is 0 Å². The van der Waals surface area contributed by atoms with Crippen molar-refractivity contribution < 1.29 is 5.11 Å². The number of rotatable bonds is 1. The Labute approximate surface area is 74.6 Å². The van der Waals surface area contributed by atoms with E-state index in [-0.39, 0.29) is 0 Å². The molecule has 0 unspecified atom stereocenters. The van der Waals surface area contributed by atoms with Crippen molar-refractivity contribution in [2.75, 3.05) is 7.11 Å². The maximum atomic E-state index is 7.00. The van der Waals surface area contributed by atoms with E-state index in [4.69, 9.17) is 5.11 Å². The van der Waals surface area contributed by atoms with E-state index in [1.165, 1.54) is 15.8 Å². The Hall–Kier alpha value is 0.243. The average Bonchev–Trinajstić information content (AvgIpc) is 2.36. The van der Waals surface area contributed by atoms with Gasteiger partial charge in [-0.15, -0.1) is 0 Å². The Bertz CT molecular complexity index is 126. The summed E-state index contributed by atoms with van der Waals surface area (Å²) in [4.78, 5) is 0. The van der Waals surface area contributed by atoms with Crippen LogP contribution in [0.15, 0.2) is 11.1 Å². The van der Waals surface area contributed by atoms with E-state index in [1.807, 2.05) is 0 Å². The second-order valence-electron chi connectivity index (χ2n) is 3.02. The third-order valence-electron chi connectivity index (χ3n) is 2.26. The quantitative estimate of drug-likeness (QED) is 0.527. The Kier molecular flexibility index (Phi) is 5.97. The molecule has 0 saturated heterocycles. The van der Waals surface area contributed by atoms with Gasteiger partial charge in [0.05, 0.1) is 0 Å². The summed E-state index contributed by atoms with van der Waals surface area (Å²) in [6.45, 7) is 6.98. The van der Waals surface area contributed by atoms with E-state index >= 15 is 0 Å². The number of hydrogen-bond donors (Lipinski definition) is 1. The molecule has 1 heterocycles. The molecule has 0 atom stereocenters. The van der Waals surface area contributed by atoms with Gasteiger partial charge in [0.25, 0.3) is 0 Å². The molecule has 0 aromatic heterocycles. The fourth-order valence-electron chi connectivity index (χ4n) is 1.36. The van der Waals surface area contributed by atoms with Crippen LogP contribution in [0, 0.1) is 0 Å². The summed E-state index contributed by atoms with van der Waals surface area (Å²) in [6, 6.07) is 0. The Morgan fingerprint density at radius 1 is 1.18 bits per heavy atom. The van der Waals surface area contributed by atoms with Crippen molar-refractivity contribution >= 4 is 14.3 Å². The zero-order valence-corrected chi connectivity index (χ0v) is 10.2. The molecule has 1 N–H and O–H groups in total. The van der Waals surface area contributed by atoms with E-state index < -0.39 is 14.3 Å². The second-order valence-corrected chi connectivity index (χ2v) is 9.13. The van der Waals surface area contributed by atoms with Gasteiger partial charge in [-0.2, -0.15) is 0 Å². The summed E-state index contributed by atoms with van der Waals surface area (Å²) >= 11 is -0.495. The first-order valence-corrected chi connectivity index (χ1v) is 8.62. The van der Waals surface area contributed by atoms with Gasteiger partial charge in [-0.3, -0.25) is 0 Å². The van der Waals surface area contributed by atoms with Crippen LogP contribution in [-0.4, -0.2) is 26.6 Å². The molecule has 0 spiro atoms. The van der Waals surface area contributed by atoms with E-state index in [0.717, 1.165) is 7.11 Å². The predicted octanol–water partition coefficient (Wildman–Crippen LogP) is 2.46. The summed E-state index contributed by atoms with van der Waals surface area (Å²) in [6.07, 6.45) is 0. The zero-order chi connectivity index (χ0) is 8.85. The molecule has 0 aliphatic carbocycles. The predicted molar refractivity (Wildman–Crippen MR) is 52.4 cm³/mol. The second kappa shape index (κ2) is 5.84. The van der Waals surface area contributed by atoms with E-state index in [0.29, 0.717) is 0 Å². The van der Waals surface area contributed by atoms with E-state index in [2.05, 4.69) is 20.8 Å². The molecule has 0 aromatic rings. The summed E-state index contributed by atoms with van der Waals surface area (Å²) in [7, 11) is 1.00. The van der Waals surface area contributed by atoms with Gasteiger partial charge in [-0.1, -0.05) is 0 Å². The van der Waals surface area contributed by atoms with Crippen LogP contribution in [0.4, 0.5) is 0 Å². The molecule has 0 saturated carbocycles. The average molecular weight is 216 g/mol. The van der Waals surface area contributed by atoms with Gasteiger partial charge >= 0.3 is 62.0 Å². The molecule has 1 aliphatic rings. The summed E-state index contributed by atoms with van der Waals surface area (Å²) < 4.78 is 0. The first-order valence-electron chi connectivity index (χ1n) is 4.17. The zero-order valence-electron chi connectivity index (χ0n) is 8.07. The van der Waals surface area contributed by atoms with Crippen LogP contribution in [0.1, 0.15) is 20.8 Å². The molecule has 11 heavy (non-hydrogen) atoms. The minimum absolute atomic E-state index is 0.495. The van der Waals surface area contributed by atoms with Gasteiger partial charge in [0.1, 0.15) is 0 Å². The molecule has 2 heteroatoms. The molecular weight excluding hydrogens is 197 g/mol. The molecule has 1 aliphatic heterocycles. The van der Waals surface area contributed by atoms with Gasteiger partial charge in [0.15, 0.2) is 0 Å². The van der Waals surface area contributed by atoms with Crippen molar-refractivity contribution in [1.29, 1.82) is 0 Å². The summed E-state index contributed by atoms with van der Waals surface area (Å²) in [5.74, 6) is 0. The third-order valence-corrected chi connectivity index (χ3v) is 8.68. The van der Waals surface area contributed by atoms with Crippen LogP contribution in [0.2, 0.25) is 15.8 Å². The monoisotopic (exact) mass is 217 g/mol. The molecular formula is C9H19GeO. The van der Waals surface area contributed by atoms with Gasteiger partial charge in [-0.05, 0) is 0 Å². The Morgan fingerprint density at radius 2 is 1.55 bits per heavy atom. The van der Waals surface area contributed by atoms with E-state index in [1.54, 1.807) is 11.1 Å². The van der Waals surface area contributed by atoms with Crippen LogP contribution in [0.5, 0.6) is 0 Å². The van der Waals surface area contributed by atoms with Crippen molar-refractivity contribution in [3.63, 3.8) is 0 Å². The normalized spacial score (nSPS) is 18.3. The standard InChI is InChI=1S/C8H15Ge.CH4O/c1-4-9-5-7(2)8(3)6-9;1-2/h4-6H2,1-3H3;2H,1H3. The fourth-order valence-corrected chi connectivity index (χ4v) is 7.09. The molecule has 0 bridgehead atoms. The number of aliphatic hydroxyl groups is 1. The van der Waals surface area contributed by atoms with Gasteiger partial charge in [0.2, 0.25) is 0 Å². The molecule has 0 fully saturated rings. The first kappa shape index (κ1) is 11.2. The maximum absolute atomic E-state index is 7.00. The molecule has 1 radical (unpaired) electrons. The van der Waals surface area contributed by atoms with E-state index in [9.17, 15) is 0 Å². The van der Waals surface area contributed by atoms with Gasteiger partial charge < -0.3 is 5.11 Å². The first-order chi connectivity index (χ1) is 5.24. The molecule has 65 valence electrons. The summed E-state index contributed by atoms with van der Waals surface area (Å²) in [5.41, 5.74) is 3.43. The van der Waals surface area contributed by atoms with Crippen molar-refractivity contribution in [3.05, 3.63) is 11.1 Å².